The Kier molecular flexibility index (Phi) is 4.36. The van der Waals surface area contributed by atoms with Crippen molar-refractivity contribution in [3.63, 3.8) is 0 Å². The first-order valence-corrected chi connectivity index (χ1v) is 4.86. The summed E-state index contributed by atoms with van der Waals surface area (Å²) in [5.74, 6) is -0.498. The first kappa shape index (κ1) is 11.8. The number of methoxy groups -OCH3 is 1. The number of hydrogen-bond acceptors (Lipinski definition) is 4. The molecule has 0 spiro atoms. The average molecular weight is 216 g/mol. The molecule has 0 aliphatic carbocycles. The molecule has 2 amide bonds. The van der Waals surface area contributed by atoms with Crippen LogP contribution in [-0.4, -0.2) is 38.4 Å². The van der Waals surface area contributed by atoms with Gasteiger partial charge in [-0.15, -0.1) is 0 Å². The Hall–Kier alpha value is -1.30. The molecule has 1 rings (SSSR count). The lowest BCUT2D eigenvalue weighted by molar-refractivity contribution is -0.122. The summed E-state index contributed by atoms with van der Waals surface area (Å²) >= 11 is 0. The molecule has 0 radical (unpaired) electrons. The van der Waals surface area contributed by atoms with Crippen LogP contribution >= 0.6 is 0 Å². The highest BCUT2D eigenvalue weighted by atomic mass is 16.5. The van der Waals surface area contributed by atoms with Gasteiger partial charge in [0.2, 0.25) is 5.91 Å². The molecule has 1 aliphatic rings. The van der Waals surface area contributed by atoms with Gasteiger partial charge in [0.15, 0.2) is 0 Å². The highest BCUT2D eigenvalue weighted by molar-refractivity contribution is 5.84. The number of amides is 2. The number of nitrogens with two attached hydrogens (primary N) is 1. The molecule has 1 fully saturated rings. The Morgan fingerprint density at radius 2 is 2.07 bits per heavy atom. The number of ether oxygens (including phenoxy) is 2. The van der Waals surface area contributed by atoms with E-state index in [0.717, 1.165) is 12.8 Å². The molecule has 1 atom stereocenters. The lowest BCUT2D eigenvalue weighted by atomic mass is 9.91. The molecule has 0 bridgehead atoms. The zero-order chi connectivity index (χ0) is 11.3. The van der Waals surface area contributed by atoms with Gasteiger partial charge < -0.3 is 20.5 Å². The van der Waals surface area contributed by atoms with E-state index in [1.807, 2.05) is 0 Å². The summed E-state index contributed by atoms with van der Waals surface area (Å²) in [4.78, 5) is 22.2. The monoisotopic (exact) mass is 216 g/mol. The molecule has 3 N–H and O–H groups in total. The van der Waals surface area contributed by atoms with Crippen molar-refractivity contribution >= 4 is 12.0 Å². The highest BCUT2D eigenvalue weighted by Gasteiger charge is 2.29. The molecule has 0 aromatic carbocycles. The summed E-state index contributed by atoms with van der Waals surface area (Å²) in [6.45, 7) is 1.19. The highest BCUT2D eigenvalue weighted by Crippen LogP contribution is 2.18. The summed E-state index contributed by atoms with van der Waals surface area (Å²) in [7, 11) is 1.25. The van der Waals surface area contributed by atoms with Crippen LogP contribution in [0.4, 0.5) is 4.79 Å². The number of carbonyl (C=O) groups excluding carboxylic acids is 2. The summed E-state index contributed by atoms with van der Waals surface area (Å²) < 4.78 is 9.60. The molecule has 1 unspecified atom stereocenters. The number of rotatable bonds is 3. The molecule has 15 heavy (non-hydrogen) atoms. The van der Waals surface area contributed by atoms with Crippen LogP contribution in [0.5, 0.6) is 0 Å². The van der Waals surface area contributed by atoms with Gasteiger partial charge >= 0.3 is 6.09 Å². The minimum absolute atomic E-state index is 0.0374. The van der Waals surface area contributed by atoms with Gasteiger partial charge in [-0.05, 0) is 18.8 Å². The van der Waals surface area contributed by atoms with Crippen molar-refractivity contribution in [2.75, 3.05) is 20.3 Å². The number of hydrogen-bond donors (Lipinski definition) is 2. The van der Waals surface area contributed by atoms with E-state index in [-0.39, 0.29) is 5.92 Å². The van der Waals surface area contributed by atoms with Gasteiger partial charge in [0, 0.05) is 13.2 Å². The Bertz CT molecular complexity index is 238. The molecule has 0 saturated carbocycles. The number of carbonyl (C=O) groups is 2. The van der Waals surface area contributed by atoms with Crippen LogP contribution in [-0.2, 0) is 14.3 Å². The van der Waals surface area contributed by atoms with Crippen molar-refractivity contribution in [1.82, 2.24) is 5.32 Å². The molecular weight excluding hydrogens is 200 g/mol. The topological polar surface area (TPSA) is 90.6 Å². The van der Waals surface area contributed by atoms with Gasteiger partial charge in [-0.1, -0.05) is 0 Å². The minimum atomic E-state index is -0.665. The Morgan fingerprint density at radius 1 is 1.47 bits per heavy atom. The van der Waals surface area contributed by atoms with E-state index in [9.17, 15) is 9.59 Å². The summed E-state index contributed by atoms with van der Waals surface area (Å²) in [5.41, 5.74) is 5.22. The van der Waals surface area contributed by atoms with Gasteiger partial charge in [0.25, 0.3) is 0 Å². The van der Waals surface area contributed by atoms with Gasteiger partial charge in [-0.25, -0.2) is 4.79 Å². The normalized spacial score (nSPS) is 19.3. The maximum atomic E-state index is 11.2. The van der Waals surface area contributed by atoms with Gasteiger partial charge in [0.05, 0.1) is 7.11 Å². The number of alkyl carbamates (subject to hydrolysis) is 1. The van der Waals surface area contributed by atoms with Crippen LogP contribution in [0.1, 0.15) is 12.8 Å². The first-order valence-electron chi connectivity index (χ1n) is 4.86. The molecule has 86 valence electrons. The summed E-state index contributed by atoms with van der Waals surface area (Å²) in [6, 6.07) is -0.665. The molecule has 0 aromatic rings. The Balaban J connectivity index is 2.55. The van der Waals surface area contributed by atoms with Crippen molar-refractivity contribution in [2.24, 2.45) is 11.7 Å². The maximum absolute atomic E-state index is 11.2. The van der Waals surface area contributed by atoms with Crippen molar-refractivity contribution in [3.05, 3.63) is 0 Å². The van der Waals surface area contributed by atoms with Gasteiger partial charge in [-0.3, -0.25) is 4.79 Å². The number of primary amides is 1. The molecule has 0 aromatic heterocycles. The van der Waals surface area contributed by atoms with E-state index in [1.165, 1.54) is 7.11 Å². The third-order valence-corrected chi connectivity index (χ3v) is 2.50. The van der Waals surface area contributed by atoms with Crippen LogP contribution < -0.4 is 11.1 Å². The molecule has 1 heterocycles. The van der Waals surface area contributed by atoms with Crippen molar-refractivity contribution < 1.29 is 19.1 Å². The first-order chi connectivity index (χ1) is 7.15. The van der Waals surface area contributed by atoms with E-state index in [4.69, 9.17) is 10.5 Å². The van der Waals surface area contributed by atoms with E-state index in [2.05, 4.69) is 10.1 Å². The zero-order valence-corrected chi connectivity index (χ0v) is 8.69. The smallest absolute Gasteiger partial charge is 0.407 e. The van der Waals surface area contributed by atoms with Crippen molar-refractivity contribution in [1.29, 1.82) is 0 Å². The van der Waals surface area contributed by atoms with Crippen LogP contribution in [0.15, 0.2) is 0 Å². The quantitative estimate of drug-likeness (QED) is 0.673. The molecule has 6 nitrogen and oxygen atoms in total. The Morgan fingerprint density at radius 3 is 2.53 bits per heavy atom. The van der Waals surface area contributed by atoms with E-state index in [1.54, 1.807) is 0 Å². The second kappa shape index (κ2) is 5.55. The Labute approximate surface area is 88.1 Å². The van der Waals surface area contributed by atoms with E-state index in [0.29, 0.717) is 13.2 Å². The van der Waals surface area contributed by atoms with Crippen molar-refractivity contribution in [3.8, 4) is 0 Å². The largest absolute Gasteiger partial charge is 0.453 e. The fourth-order valence-electron chi connectivity index (χ4n) is 1.66. The third-order valence-electron chi connectivity index (χ3n) is 2.50. The van der Waals surface area contributed by atoms with E-state index >= 15 is 0 Å². The average Bonchev–Trinajstić information content (AvgIpc) is 2.26. The fraction of sp³-hybridized carbons (Fsp3) is 0.778. The summed E-state index contributed by atoms with van der Waals surface area (Å²) in [5, 5.41) is 2.44. The van der Waals surface area contributed by atoms with Crippen LogP contribution in [0.3, 0.4) is 0 Å². The van der Waals surface area contributed by atoms with Crippen LogP contribution in [0.2, 0.25) is 0 Å². The fourth-order valence-corrected chi connectivity index (χ4v) is 1.66. The molecule has 6 heteroatoms. The zero-order valence-electron chi connectivity index (χ0n) is 8.69. The SMILES string of the molecule is COC(=O)NC(C(N)=O)C1CCOCC1. The molecule has 1 saturated heterocycles. The van der Waals surface area contributed by atoms with Gasteiger partial charge in [-0.2, -0.15) is 0 Å². The predicted octanol–water partition coefficient (Wildman–Crippen LogP) is -0.377. The lowest BCUT2D eigenvalue weighted by Crippen LogP contribution is -2.50. The van der Waals surface area contributed by atoms with Gasteiger partial charge in [0.1, 0.15) is 6.04 Å². The lowest BCUT2D eigenvalue weighted by Gasteiger charge is -2.28. The predicted molar refractivity (Wildman–Crippen MR) is 52.1 cm³/mol. The summed E-state index contributed by atoms with van der Waals surface area (Å²) in [6.07, 6.45) is 0.806. The van der Waals surface area contributed by atoms with Crippen LogP contribution in [0, 0.1) is 5.92 Å². The van der Waals surface area contributed by atoms with Crippen LogP contribution in [0.25, 0.3) is 0 Å². The minimum Gasteiger partial charge on any atom is -0.453 e. The van der Waals surface area contributed by atoms with Crippen molar-refractivity contribution in [2.45, 2.75) is 18.9 Å². The molecular formula is C9H16N2O4. The molecule has 1 aliphatic heterocycles. The number of nitrogens with one attached hydrogen (secondary N) is 1. The standard InChI is InChI=1S/C9H16N2O4/c1-14-9(13)11-7(8(10)12)6-2-4-15-5-3-6/h6-7H,2-5H2,1H3,(H2,10,12)(H,11,13). The van der Waals surface area contributed by atoms with E-state index < -0.39 is 18.0 Å². The third kappa shape index (κ3) is 3.39. The second-order valence-electron chi connectivity index (χ2n) is 3.47. The maximum Gasteiger partial charge on any atom is 0.407 e. The second-order valence-corrected chi connectivity index (χ2v) is 3.47.